The zero-order chi connectivity index (χ0) is 13.1. The summed E-state index contributed by atoms with van der Waals surface area (Å²) in [6.07, 6.45) is 5.35. The summed E-state index contributed by atoms with van der Waals surface area (Å²) in [5.41, 5.74) is 6.35. The fourth-order valence-corrected chi connectivity index (χ4v) is 2.62. The van der Waals surface area contributed by atoms with Crippen molar-refractivity contribution >= 4 is 0 Å². The molecule has 0 aliphatic heterocycles. The van der Waals surface area contributed by atoms with Gasteiger partial charge < -0.3 is 10.2 Å². The van der Waals surface area contributed by atoms with Crippen molar-refractivity contribution < 1.29 is 4.42 Å². The molecule has 2 unspecified atom stereocenters. The monoisotopic (exact) mass is 250 g/mol. The Morgan fingerprint density at radius 1 is 1.44 bits per heavy atom. The first-order valence-electron chi connectivity index (χ1n) is 7.18. The lowest BCUT2D eigenvalue weighted by atomic mass is 10.0. The maximum absolute atomic E-state index is 6.35. The number of nitrogens with two attached hydrogens (primary N) is 1. The molecule has 1 aromatic rings. The second-order valence-electron chi connectivity index (χ2n) is 5.85. The molecule has 0 amide bonds. The van der Waals surface area contributed by atoms with Crippen molar-refractivity contribution in [1.82, 2.24) is 4.90 Å². The zero-order valence-electron chi connectivity index (χ0n) is 11.8. The van der Waals surface area contributed by atoms with E-state index in [1.54, 1.807) is 6.26 Å². The van der Waals surface area contributed by atoms with Gasteiger partial charge in [-0.25, -0.2) is 0 Å². The number of hydrogen-bond acceptors (Lipinski definition) is 3. The van der Waals surface area contributed by atoms with Crippen molar-refractivity contribution in [1.29, 1.82) is 0 Å². The van der Waals surface area contributed by atoms with Gasteiger partial charge in [-0.05, 0) is 37.3 Å². The second kappa shape index (κ2) is 5.89. The van der Waals surface area contributed by atoms with Crippen molar-refractivity contribution in [2.75, 3.05) is 6.54 Å². The van der Waals surface area contributed by atoms with E-state index in [4.69, 9.17) is 10.2 Å². The fourth-order valence-electron chi connectivity index (χ4n) is 2.62. The molecule has 18 heavy (non-hydrogen) atoms. The van der Waals surface area contributed by atoms with E-state index in [0.29, 0.717) is 12.0 Å². The quantitative estimate of drug-likeness (QED) is 0.808. The molecule has 1 aromatic heterocycles. The third-order valence-corrected chi connectivity index (χ3v) is 3.66. The van der Waals surface area contributed by atoms with Gasteiger partial charge in [0.1, 0.15) is 5.76 Å². The summed E-state index contributed by atoms with van der Waals surface area (Å²) in [5, 5.41) is 0. The minimum absolute atomic E-state index is 0.149. The number of nitrogens with zero attached hydrogens (tertiary/aromatic N) is 1. The lowest BCUT2D eigenvalue weighted by Gasteiger charge is -2.35. The standard InChI is InChI=1S/C15H26N2O/c1-4-13(16)15(14-6-5-9-18-14)17(10-11(2)3)12-7-8-12/h5-6,9,11-13,15H,4,7-8,10,16H2,1-3H3. The normalized spacial score (nSPS) is 19.4. The Hall–Kier alpha value is -0.800. The minimum Gasteiger partial charge on any atom is -0.468 e. The summed E-state index contributed by atoms with van der Waals surface area (Å²) >= 11 is 0. The molecule has 102 valence electrons. The molecular formula is C15H26N2O. The van der Waals surface area contributed by atoms with Crippen molar-refractivity contribution in [3.8, 4) is 0 Å². The first-order valence-corrected chi connectivity index (χ1v) is 7.18. The van der Waals surface area contributed by atoms with Gasteiger partial charge >= 0.3 is 0 Å². The summed E-state index contributed by atoms with van der Waals surface area (Å²) in [6.45, 7) is 7.79. The Morgan fingerprint density at radius 3 is 2.61 bits per heavy atom. The van der Waals surface area contributed by atoms with E-state index in [1.807, 2.05) is 6.07 Å². The summed E-state index contributed by atoms with van der Waals surface area (Å²) in [6, 6.07) is 5.12. The Kier molecular flexibility index (Phi) is 4.46. The molecule has 1 aliphatic rings. The van der Waals surface area contributed by atoms with Crippen LogP contribution in [-0.2, 0) is 0 Å². The highest BCUT2D eigenvalue weighted by atomic mass is 16.3. The molecule has 0 saturated heterocycles. The van der Waals surface area contributed by atoms with E-state index in [0.717, 1.165) is 18.7 Å². The molecule has 0 bridgehead atoms. The van der Waals surface area contributed by atoms with E-state index in [1.165, 1.54) is 12.8 Å². The van der Waals surface area contributed by atoms with Gasteiger partial charge in [0.05, 0.1) is 12.3 Å². The van der Waals surface area contributed by atoms with E-state index in [-0.39, 0.29) is 12.1 Å². The molecule has 2 atom stereocenters. The molecule has 1 aliphatic carbocycles. The number of furan rings is 1. The van der Waals surface area contributed by atoms with Crippen LogP contribution in [0.2, 0.25) is 0 Å². The molecule has 2 N–H and O–H groups in total. The molecule has 1 fully saturated rings. The topological polar surface area (TPSA) is 42.4 Å². The minimum atomic E-state index is 0.149. The third-order valence-electron chi connectivity index (χ3n) is 3.66. The average Bonchev–Trinajstić information content (AvgIpc) is 3.05. The Labute approximate surface area is 110 Å². The molecule has 0 radical (unpaired) electrons. The van der Waals surface area contributed by atoms with E-state index < -0.39 is 0 Å². The molecule has 2 rings (SSSR count). The van der Waals surface area contributed by atoms with Gasteiger partial charge in [-0.3, -0.25) is 4.90 Å². The SMILES string of the molecule is CCC(N)C(c1ccco1)N(CC(C)C)C1CC1. The highest BCUT2D eigenvalue weighted by Crippen LogP contribution is 2.37. The predicted octanol–water partition coefficient (Wildman–Crippen LogP) is 3.18. The smallest absolute Gasteiger partial charge is 0.122 e. The van der Waals surface area contributed by atoms with Crippen LogP contribution in [0.4, 0.5) is 0 Å². The van der Waals surface area contributed by atoms with E-state index >= 15 is 0 Å². The second-order valence-corrected chi connectivity index (χ2v) is 5.85. The first kappa shape index (κ1) is 13.6. The first-order chi connectivity index (χ1) is 8.63. The molecule has 3 heteroatoms. The van der Waals surface area contributed by atoms with Crippen LogP contribution in [0.25, 0.3) is 0 Å². The van der Waals surface area contributed by atoms with Crippen molar-refractivity contribution in [3.05, 3.63) is 24.2 Å². The lowest BCUT2D eigenvalue weighted by molar-refractivity contribution is 0.123. The van der Waals surface area contributed by atoms with Crippen molar-refractivity contribution in [2.45, 2.75) is 58.2 Å². The third kappa shape index (κ3) is 3.15. The molecule has 0 spiro atoms. The summed E-state index contributed by atoms with van der Waals surface area (Å²) in [5.74, 6) is 1.68. The van der Waals surface area contributed by atoms with Gasteiger partial charge in [-0.1, -0.05) is 20.8 Å². The molecule has 0 aromatic carbocycles. The number of rotatable bonds is 7. The molecule has 3 nitrogen and oxygen atoms in total. The summed E-state index contributed by atoms with van der Waals surface area (Å²) in [4.78, 5) is 2.57. The van der Waals surface area contributed by atoms with E-state index in [9.17, 15) is 0 Å². The fraction of sp³-hybridized carbons (Fsp3) is 0.733. The summed E-state index contributed by atoms with van der Waals surface area (Å²) < 4.78 is 5.64. The van der Waals surface area contributed by atoms with Crippen LogP contribution >= 0.6 is 0 Å². The van der Waals surface area contributed by atoms with Crippen LogP contribution in [0.5, 0.6) is 0 Å². The maximum Gasteiger partial charge on any atom is 0.122 e. The van der Waals surface area contributed by atoms with Gasteiger partial charge in [0.25, 0.3) is 0 Å². The van der Waals surface area contributed by atoms with Crippen LogP contribution in [0.15, 0.2) is 22.8 Å². The molecule has 1 heterocycles. The van der Waals surface area contributed by atoms with Crippen molar-refractivity contribution in [2.24, 2.45) is 11.7 Å². The Morgan fingerprint density at radius 2 is 2.17 bits per heavy atom. The van der Waals surface area contributed by atoms with Gasteiger partial charge in [0.2, 0.25) is 0 Å². The van der Waals surface area contributed by atoms with Gasteiger partial charge in [-0.2, -0.15) is 0 Å². The van der Waals surface area contributed by atoms with Crippen LogP contribution in [-0.4, -0.2) is 23.5 Å². The largest absolute Gasteiger partial charge is 0.468 e. The lowest BCUT2D eigenvalue weighted by Crippen LogP contribution is -2.43. The average molecular weight is 250 g/mol. The highest BCUT2D eigenvalue weighted by molar-refractivity contribution is 5.10. The van der Waals surface area contributed by atoms with Gasteiger partial charge in [0.15, 0.2) is 0 Å². The van der Waals surface area contributed by atoms with Gasteiger partial charge in [0, 0.05) is 18.6 Å². The molecule has 1 saturated carbocycles. The Bertz CT molecular complexity index is 343. The predicted molar refractivity (Wildman–Crippen MR) is 74.3 cm³/mol. The van der Waals surface area contributed by atoms with Crippen LogP contribution in [0.1, 0.15) is 51.8 Å². The maximum atomic E-state index is 6.35. The number of hydrogen-bond donors (Lipinski definition) is 1. The van der Waals surface area contributed by atoms with Gasteiger partial charge in [-0.15, -0.1) is 0 Å². The van der Waals surface area contributed by atoms with Crippen LogP contribution in [0.3, 0.4) is 0 Å². The van der Waals surface area contributed by atoms with Crippen LogP contribution in [0, 0.1) is 5.92 Å². The van der Waals surface area contributed by atoms with E-state index in [2.05, 4.69) is 31.7 Å². The molecular weight excluding hydrogens is 224 g/mol. The summed E-state index contributed by atoms with van der Waals surface area (Å²) in [7, 11) is 0. The van der Waals surface area contributed by atoms with Crippen LogP contribution < -0.4 is 5.73 Å². The van der Waals surface area contributed by atoms with Crippen molar-refractivity contribution in [3.63, 3.8) is 0 Å². The zero-order valence-corrected chi connectivity index (χ0v) is 11.8. The Balaban J connectivity index is 2.19. The highest BCUT2D eigenvalue weighted by Gasteiger charge is 2.38.